The van der Waals surface area contributed by atoms with Crippen LogP contribution in [0.1, 0.15) is 22.3 Å². The maximum absolute atomic E-state index is 5.33. The van der Waals surface area contributed by atoms with Crippen LogP contribution in [0.25, 0.3) is 88.8 Å². The molecule has 0 N–H and O–H groups in total. The molecule has 2 nitrogen and oxygen atoms in total. The molecule has 11 aromatic rings. The van der Waals surface area contributed by atoms with Crippen molar-refractivity contribution in [1.82, 2.24) is 9.97 Å². The highest BCUT2D eigenvalue weighted by atomic mass is 14.9. The molecule has 0 radical (unpaired) electrons. The molecule has 0 bridgehead atoms. The van der Waals surface area contributed by atoms with Gasteiger partial charge in [0.25, 0.3) is 0 Å². The zero-order chi connectivity index (χ0) is 41.7. The van der Waals surface area contributed by atoms with Crippen LogP contribution >= 0.6 is 0 Å². The zero-order valence-electron chi connectivity index (χ0n) is 34.5. The summed E-state index contributed by atoms with van der Waals surface area (Å²) in [5, 5.41) is 4.67. The second-order valence-electron chi connectivity index (χ2n) is 16.4. The average Bonchev–Trinajstić information content (AvgIpc) is 3.68. The van der Waals surface area contributed by atoms with E-state index in [-0.39, 0.29) is 0 Å². The van der Waals surface area contributed by atoms with Crippen LogP contribution in [0.3, 0.4) is 0 Å². The molecule has 0 aliphatic heterocycles. The van der Waals surface area contributed by atoms with Crippen molar-refractivity contribution in [2.24, 2.45) is 0 Å². The lowest BCUT2D eigenvalue weighted by Crippen LogP contribution is -2.28. The molecule has 1 aliphatic carbocycles. The van der Waals surface area contributed by atoms with E-state index in [1.54, 1.807) is 0 Å². The van der Waals surface area contributed by atoms with Gasteiger partial charge >= 0.3 is 0 Å². The summed E-state index contributed by atoms with van der Waals surface area (Å²) in [7, 11) is 0. The maximum Gasteiger partial charge on any atom is 0.160 e. The molecule has 12 rings (SSSR count). The van der Waals surface area contributed by atoms with Crippen LogP contribution in [0, 0.1) is 0 Å². The van der Waals surface area contributed by atoms with Crippen LogP contribution in [-0.2, 0) is 5.41 Å². The molecule has 0 spiro atoms. The normalized spacial score (nSPS) is 12.6. The minimum atomic E-state index is -0.445. The molecule has 1 aromatic heterocycles. The topological polar surface area (TPSA) is 25.8 Å². The third-order valence-electron chi connectivity index (χ3n) is 13.0. The second-order valence-corrected chi connectivity index (χ2v) is 16.4. The first kappa shape index (κ1) is 36.6. The third-order valence-corrected chi connectivity index (χ3v) is 13.0. The van der Waals surface area contributed by atoms with Crippen molar-refractivity contribution in [3.05, 3.63) is 265 Å². The highest BCUT2D eigenvalue weighted by Gasteiger charge is 2.46. The monoisotopic (exact) mass is 800 g/mol. The number of aromatic nitrogens is 2. The van der Waals surface area contributed by atoms with E-state index in [2.05, 4.69) is 237 Å². The van der Waals surface area contributed by atoms with Gasteiger partial charge in [-0.25, -0.2) is 9.97 Å². The predicted octanol–water partition coefficient (Wildman–Crippen LogP) is 15.5. The predicted molar refractivity (Wildman–Crippen MR) is 262 cm³/mol. The molecule has 1 aliphatic rings. The van der Waals surface area contributed by atoms with Gasteiger partial charge in [0.2, 0.25) is 0 Å². The van der Waals surface area contributed by atoms with E-state index >= 15 is 0 Å². The van der Waals surface area contributed by atoms with E-state index in [4.69, 9.17) is 9.97 Å². The Morgan fingerprint density at radius 3 is 1.54 bits per heavy atom. The average molecular weight is 801 g/mol. The Kier molecular flexibility index (Phi) is 8.76. The summed E-state index contributed by atoms with van der Waals surface area (Å²) in [6, 6.07) is 87.7. The van der Waals surface area contributed by atoms with E-state index in [0.29, 0.717) is 5.82 Å². The van der Waals surface area contributed by atoms with Gasteiger partial charge in [0, 0.05) is 16.7 Å². The minimum absolute atomic E-state index is 0.445. The summed E-state index contributed by atoms with van der Waals surface area (Å²) in [5.74, 6) is 0.700. The summed E-state index contributed by atoms with van der Waals surface area (Å²) < 4.78 is 0. The Balaban J connectivity index is 1.01. The third kappa shape index (κ3) is 6.02. The van der Waals surface area contributed by atoms with Crippen molar-refractivity contribution in [1.29, 1.82) is 0 Å². The highest BCUT2D eigenvalue weighted by molar-refractivity contribution is 6.04. The van der Waals surface area contributed by atoms with E-state index in [0.717, 1.165) is 50.0 Å². The number of fused-ring (bicyclic) bond motifs is 5. The molecule has 0 saturated heterocycles. The highest BCUT2D eigenvalue weighted by Crippen LogP contribution is 2.58. The lowest BCUT2D eigenvalue weighted by atomic mass is 9.67. The zero-order valence-corrected chi connectivity index (χ0v) is 34.5. The second kappa shape index (κ2) is 15.1. The lowest BCUT2D eigenvalue weighted by molar-refractivity contribution is 0.768. The fourth-order valence-corrected chi connectivity index (χ4v) is 10.2. The standard InChI is InChI=1S/C61H40N2/c1-5-18-41(19-6-1)52-37-36-42-20-13-14-27-50(42)59(52)57-40-56(62-60(63-57)43-21-7-2-8-22-43)47-35-33-44-38-46(34-32-45(44)39-47)51-29-17-31-55-58(51)53-28-15-16-30-54(53)61(55,48-23-9-3-10-24-48)49-25-11-4-12-26-49/h1-40H. The molecule has 0 atom stereocenters. The van der Waals surface area contributed by atoms with Crippen molar-refractivity contribution < 1.29 is 0 Å². The fourth-order valence-electron chi connectivity index (χ4n) is 10.2. The van der Waals surface area contributed by atoms with Gasteiger partial charge in [-0.2, -0.15) is 0 Å². The van der Waals surface area contributed by atoms with E-state index in [1.807, 2.05) is 6.07 Å². The number of rotatable bonds is 7. The number of hydrogen-bond acceptors (Lipinski definition) is 2. The van der Waals surface area contributed by atoms with Gasteiger partial charge in [0.15, 0.2) is 5.82 Å². The van der Waals surface area contributed by atoms with Crippen LogP contribution in [-0.4, -0.2) is 9.97 Å². The molecular formula is C61H40N2. The van der Waals surface area contributed by atoms with Crippen molar-refractivity contribution in [2.45, 2.75) is 5.41 Å². The van der Waals surface area contributed by atoms with E-state index in [1.165, 1.54) is 55.3 Å². The van der Waals surface area contributed by atoms with Gasteiger partial charge in [0.05, 0.1) is 16.8 Å². The molecule has 0 unspecified atom stereocenters. The molecule has 294 valence electrons. The van der Waals surface area contributed by atoms with Crippen LogP contribution in [0.4, 0.5) is 0 Å². The van der Waals surface area contributed by atoms with Gasteiger partial charge in [-0.15, -0.1) is 0 Å². The molecule has 0 saturated carbocycles. The summed E-state index contributed by atoms with van der Waals surface area (Å²) in [6.45, 7) is 0. The first-order valence-electron chi connectivity index (χ1n) is 21.6. The van der Waals surface area contributed by atoms with Crippen LogP contribution in [0.15, 0.2) is 243 Å². The van der Waals surface area contributed by atoms with E-state index in [9.17, 15) is 0 Å². The number of nitrogens with zero attached hydrogens (tertiary/aromatic N) is 2. The SMILES string of the molecule is c1ccc(-c2nc(-c3ccc4cc(-c5cccc6c5-c5ccccc5C6(c5ccccc5)c5ccccc5)ccc4c3)cc(-c3c(-c4ccccc4)ccc4ccccc34)n2)cc1. The largest absolute Gasteiger partial charge is 0.228 e. The summed E-state index contributed by atoms with van der Waals surface area (Å²) >= 11 is 0. The summed E-state index contributed by atoms with van der Waals surface area (Å²) in [6.07, 6.45) is 0. The quantitative estimate of drug-likeness (QED) is 0.160. The van der Waals surface area contributed by atoms with Gasteiger partial charge in [0.1, 0.15) is 0 Å². The molecular weight excluding hydrogens is 761 g/mol. The number of hydrogen-bond donors (Lipinski definition) is 0. The fraction of sp³-hybridized carbons (Fsp3) is 0.0164. The van der Waals surface area contributed by atoms with Gasteiger partial charge in [-0.1, -0.05) is 224 Å². The molecule has 63 heavy (non-hydrogen) atoms. The first-order chi connectivity index (χ1) is 31.2. The van der Waals surface area contributed by atoms with Gasteiger partial charge in [-0.05, 0) is 95.4 Å². The Labute approximate surface area is 367 Å². The Bertz CT molecular complexity index is 3450. The molecule has 0 fully saturated rings. The van der Waals surface area contributed by atoms with Crippen LogP contribution in [0.2, 0.25) is 0 Å². The Morgan fingerprint density at radius 2 is 0.810 bits per heavy atom. The minimum Gasteiger partial charge on any atom is -0.228 e. The van der Waals surface area contributed by atoms with Crippen molar-refractivity contribution in [3.63, 3.8) is 0 Å². The van der Waals surface area contributed by atoms with Gasteiger partial charge in [-0.3, -0.25) is 0 Å². The van der Waals surface area contributed by atoms with Crippen LogP contribution in [0.5, 0.6) is 0 Å². The van der Waals surface area contributed by atoms with Crippen LogP contribution < -0.4 is 0 Å². The van der Waals surface area contributed by atoms with Gasteiger partial charge < -0.3 is 0 Å². The Morgan fingerprint density at radius 1 is 0.286 bits per heavy atom. The van der Waals surface area contributed by atoms with Crippen molar-refractivity contribution >= 4 is 21.5 Å². The Hall–Kier alpha value is -8.20. The summed E-state index contributed by atoms with van der Waals surface area (Å²) in [5.41, 5.74) is 16.9. The molecule has 1 heterocycles. The molecule has 10 aromatic carbocycles. The van der Waals surface area contributed by atoms with E-state index < -0.39 is 5.41 Å². The molecule has 0 amide bonds. The smallest absolute Gasteiger partial charge is 0.160 e. The lowest BCUT2D eigenvalue weighted by Gasteiger charge is -2.34. The van der Waals surface area contributed by atoms with Crippen molar-refractivity contribution in [3.8, 4) is 67.3 Å². The maximum atomic E-state index is 5.33. The first-order valence-corrected chi connectivity index (χ1v) is 21.6. The number of benzene rings is 10. The summed E-state index contributed by atoms with van der Waals surface area (Å²) in [4.78, 5) is 10.6. The molecule has 2 heteroatoms. The van der Waals surface area contributed by atoms with Crippen molar-refractivity contribution in [2.75, 3.05) is 0 Å².